The van der Waals surface area contributed by atoms with Crippen molar-refractivity contribution in [2.45, 2.75) is 77.6 Å². The van der Waals surface area contributed by atoms with Crippen molar-refractivity contribution >= 4 is 11.6 Å². The van der Waals surface area contributed by atoms with E-state index in [2.05, 4.69) is 17.2 Å². The van der Waals surface area contributed by atoms with Gasteiger partial charge in [0, 0.05) is 12.2 Å². The molecule has 0 saturated heterocycles. The third kappa shape index (κ3) is 7.75. The molecule has 0 aliphatic carbocycles. The molecule has 0 fully saturated rings. The highest BCUT2D eigenvalue weighted by molar-refractivity contribution is 5.92. The summed E-state index contributed by atoms with van der Waals surface area (Å²) in [6, 6.07) is 7.32. The number of oxazole rings is 1. The second-order valence-electron chi connectivity index (χ2n) is 7.42. The highest BCUT2D eigenvalue weighted by Gasteiger charge is 2.14. The summed E-state index contributed by atoms with van der Waals surface area (Å²) in [7, 11) is 0. The number of para-hydroxylation sites is 1. The maximum Gasteiger partial charge on any atom is 0.273 e. The zero-order chi connectivity index (χ0) is 20.0. The van der Waals surface area contributed by atoms with Gasteiger partial charge in [-0.1, -0.05) is 83.3 Å². The Bertz CT molecular complexity index is 697. The summed E-state index contributed by atoms with van der Waals surface area (Å²) in [6.07, 6.45) is 15.6. The fourth-order valence-electron chi connectivity index (χ4n) is 3.28. The van der Waals surface area contributed by atoms with Gasteiger partial charge in [0.1, 0.15) is 6.26 Å². The van der Waals surface area contributed by atoms with Crippen molar-refractivity contribution in [1.29, 1.82) is 0 Å². The Kier molecular flexibility index (Phi) is 10.2. The third-order valence-corrected chi connectivity index (χ3v) is 4.99. The van der Waals surface area contributed by atoms with Crippen LogP contribution in [0.25, 0.3) is 11.5 Å². The molecule has 2 rings (SSSR count). The lowest BCUT2D eigenvalue weighted by molar-refractivity contribution is 0.0948. The highest BCUT2D eigenvalue weighted by Crippen LogP contribution is 2.24. The summed E-state index contributed by atoms with van der Waals surface area (Å²) in [5.74, 6) is 0.175. The van der Waals surface area contributed by atoms with Gasteiger partial charge in [-0.15, -0.1) is 0 Å². The Morgan fingerprint density at radius 1 is 0.964 bits per heavy atom. The summed E-state index contributed by atoms with van der Waals surface area (Å²) < 4.78 is 5.41. The Morgan fingerprint density at radius 3 is 2.21 bits per heavy atom. The summed E-state index contributed by atoms with van der Waals surface area (Å²) in [5, 5.41) is 2.92. The first-order chi connectivity index (χ1) is 13.7. The van der Waals surface area contributed by atoms with Crippen LogP contribution in [0.4, 0.5) is 5.69 Å². The van der Waals surface area contributed by atoms with E-state index in [1.807, 2.05) is 18.2 Å². The molecule has 0 spiro atoms. The zero-order valence-electron chi connectivity index (χ0n) is 17.2. The molecule has 2 aromatic rings. The zero-order valence-corrected chi connectivity index (χ0v) is 17.2. The number of amides is 1. The number of nitrogens with one attached hydrogen (secondary N) is 1. The summed E-state index contributed by atoms with van der Waals surface area (Å²) in [5.41, 5.74) is 7.50. The lowest BCUT2D eigenvalue weighted by atomic mass is 10.1. The number of carbonyl (C=O) groups is 1. The molecule has 0 saturated carbocycles. The van der Waals surface area contributed by atoms with Crippen molar-refractivity contribution < 1.29 is 9.21 Å². The van der Waals surface area contributed by atoms with Crippen LogP contribution in [0.1, 0.15) is 88.0 Å². The smallest absolute Gasteiger partial charge is 0.273 e. The molecule has 0 bridgehead atoms. The van der Waals surface area contributed by atoms with Crippen LogP contribution >= 0.6 is 0 Å². The number of aromatic nitrogens is 1. The summed E-state index contributed by atoms with van der Waals surface area (Å²) in [6.45, 7) is 2.93. The summed E-state index contributed by atoms with van der Waals surface area (Å²) in [4.78, 5) is 16.4. The molecular weight excluding hydrogens is 350 g/mol. The first-order valence-corrected chi connectivity index (χ1v) is 10.8. The fraction of sp³-hybridized carbons (Fsp3) is 0.565. The second kappa shape index (κ2) is 13.0. The second-order valence-corrected chi connectivity index (χ2v) is 7.42. The maximum atomic E-state index is 12.2. The predicted molar refractivity (Wildman–Crippen MR) is 115 cm³/mol. The van der Waals surface area contributed by atoms with Crippen molar-refractivity contribution in [1.82, 2.24) is 10.3 Å². The molecule has 5 nitrogen and oxygen atoms in total. The van der Waals surface area contributed by atoms with Crippen LogP contribution in [-0.2, 0) is 0 Å². The van der Waals surface area contributed by atoms with Gasteiger partial charge in [-0.3, -0.25) is 4.79 Å². The first kappa shape index (κ1) is 22.0. The minimum Gasteiger partial charge on any atom is -0.444 e. The predicted octanol–water partition coefficient (Wildman–Crippen LogP) is 5.96. The third-order valence-electron chi connectivity index (χ3n) is 4.99. The largest absolute Gasteiger partial charge is 0.444 e. The van der Waals surface area contributed by atoms with E-state index in [9.17, 15) is 4.79 Å². The Labute approximate surface area is 169 Å². The van der Waals surface area contributed by atoms with E-state index in [0.717, 1.165) is 12.8 Å². The van der Waals surface area contributed by atoms with Gasteiger partial charge in [0.25, 0.3) is 5.91 Å². The van der Waals surface area contributed by atoms with Gasteiger partial charge in [0.2, 0.25) is 5.89 Å². The fourth-order valence-corrected chi connectivity index (χ4v) is 3.28. The van der Waals surface area contributed by atoms with Gasteiger partial charge < -0.3 is 15.5 Å². The van der Waals surface area contributed by atoms with Gasteiger partial charge >= 0.3 is 0 Å². The first-order valence-electron chi connectivity index (χ1n) is 10.8. The minimum atomic E-state index is -0.198. The van der Waals surface area contributed by atoms with Crippen LogP contribution in [0.3, 0.4) is 0 Å². The molecule has 1 aromatic carbocycles. The highest BCUT2D eigenvalue weighted by atomic mass is 16.3. The van der Waals surface area contributed by atoms with Gasteiger partial charge in [0.15, 0.2) is 5.69 Å². The van der Waals surface area contributed by atoms with Gasteiger partial charge in [-0.2, -0.15) is 0 Å². The number of rotatable bonds is 14. The van der Waals surface area contributed by atoms with Crippen LogP contribution in [-0.4, -0.2) is 17.4 Å². The average Bonchev–Trinajstić information content (AvgIpc) is 3.19. The Balaban J connectivity index is 1.54. The molecule has 0 atom stereocenters. The van der Waals surface area contributed by atoms with Crippen molar-refractivity contribution in [2.24, 2.45) is 0 Å². The maximum absolute atomic E-state index is 12.2. The molecule has 0 unspecified atom stereocenters. The molecule has 1 heterocycles. The molecule has 0 aliphatic rings. The molecule has 0 aliphatic heterocycles. The molecular formula is C23H35N3O2. The van der Waals surface area contributed by atoms with Crippen molar-refractivity contribution in [3.63, 3.8) is 0 Å². The quantitative estimate of drug-likeness (QED) is 0.310. The lowest BCUT2D eigenvalue weighted by Gasteiger charge is -2.04. The number of nitrogen functional groups attached to an aromatic ring is 1. The average molecular weight is 386 g/mol. The van der Waals surface area contributed by atoms with Gasteiger partial charge in [-0.05, 0) is 18.6 Å². The molecule has 154 valence electrons. The molecule has 3 N–H and O–H groups in total. The van der Waals surface area contributed by atoms with E-state index in [1.165, 1.54) is 64.1 Å². The van der Waals surface area contributed by atoms with E-state index >= 15 is 0 Å². The number of nitrogens with zero attached hydrogens (tertiary/aromatic N) is 1. The van der Waals surface area contributed by atoms with E-state index < -0.39 is 0 Å². The topological polar surface area (TPSA) is 81.2 Å². The van der Waals surface area contributed by atoms with E-state index in [-0.39, 0.29) is 5.91 Å². The number of nitrogens with two attached hydrogens (primary N) is 1. The SMILES string of the molecule is CCCCCCCCCCCCCNC(=O)c1coc(-c2ccccc2N)n1. The van der Waals surface area contributed by atoms with Crippen LogP contribution < -0.4 is 11.1 Å². The van der Waals surface area contributed by atoms with Gasteiger partial charge in [0.05, 0.1) is 5.56 Å². The van der Waals surface area contributed by atoms with Crippen molar-refractivity contribution in [3.05, 3.63) is 36.2 Å². The number of hydrogen-bond donors (Lipinski definition) is 2. The molecule has 28 heavy (non-hydrogen) atoms. The molecule has 0 radical (unpaired) electrons. The number of carbonyl (C=O) groups excluding carboxylic acids is 1. The van der Waals surface area contributed by atoms with Crippen molar-refractivity contribution in [3.8, 4) is 11.5 Å². The number of anilines is 1. The molecule has 1 amide bonds. The Morgan fingerprint density at radius 2 is 1.57 bits per heavy atom. The van der Waals surface area contributed by atoms with Crippen LogP contribution in [0.5, 0.6) is 0 Å². The van der Waals surface area contributed by atoms with Crippen LogP contribution in [0, 0.1) is 0 Å². The molecule has 5 heteroatoms. The standard InChI is InChI=1S/C23H35N3O2/c1-2-3-4-5-6-7-8-9-10-11-14-17-25-22(27)21-18-28-23(26-21)19-15-12-13-16-20(19)24/h12-13,15-16,18H,2-11,14,17,24H2,1H3,(H,25,27). The van der Waals surface area contributed by atoms with Crippen molar-refractivity contribution in [2.75, 3.05) is 12.3 Å². The Hall–Kier alpha value is -2.30. The normalized spacial score (nSPS) is 10.9. The lowest BCUT2D eigenvalue weighted by Crippen LogP contribution is -2.24. The van der Waals surface area contributed by atoms with Crippen LogP contribution in [0.2, 0.25) is 0 Å². The van der Waals surface area contributed by atoms with Crippen LogP contribution in [0.15, 0.2) is 34.9 Å². The monoisotopic (exact) mass is 385 g/mol. The summed E-state index contributed by atoms with van der Waals surface area (Å²) >= 11 is 0. The molecule has 1 aromatic heterocycles. The number of unbranched alkanes of at least 4 members (excludes halogenated alkanes) is 10. The van der Waals surface area contributed by atoms with E-state index in [0.29, 0.717) is 29.4 Å². The van der Waals surface area contributed by atoms with Gasteiger partial charge in [-0.25, -0.2) is 4.98 Å². The number of hydrogen-bond acceptors (Lipinski definition) is 4. The number of benzene rings is 1. The van der Waals surface area contributed by atoms with E-state index in [4.69, 9.17) is 10.2 Å². The minimum absolute atomic E-state index is 0.198. The van der Waals surface area contributed by atoms with E-state index in [1.54, 1.807) is 6.07 Å².